The first-order chi connectivity index (χ1) is 8.66. The lowest BCUT2D eigenvalue weighted by atomic mass is 10.1. The summed E-state index contributed by atoms with van der Waals surface area (Å²) >= 11 is 6.18. The number of benzene rings is 2. The van der Waals surface area contributed by atoms with Gasteiger partial charge in [-0.3, -0.25) is 0 Å². The first-order valence-electron chi connectivity index (χ1n) is 6.19. The van der Waals surface area contributed by atoms with Crippen LogP contribution in [-0.2, 0) is 6.54 Å². The highest BCUT2D eigenvalue weighted by molar-refractivity contribution is 6.21. The molecular formula is C16H18ClN. The first kappa shape index (κ1) is 13.0. The highest BCUT2D eigenvalue weighted by Crippen LogP contribution is 2.27. The number of nitrogens with one attached hydrogen (secondary N) is 1. The SMILES string of the molecule is Cc1cccc(CNc2ccccc2C(C)Cl)c1. The van der Waals surface area contributed by atoms with Crippen molar-refractivity contribution in [3.05, 3.63) is 65.2 Å². The van der Waals surface area contributed by atoms with Gasteiger partial charge < -0.3 is 5.32 Å². The van der Waals surface area contributed by atoms with Gasteiger partial charge in [-0.1, -0.05) is 48.0 Å². The number of para-hydroxylation sites is 1. The molecule has 2 aromatic carbocycles. The van der Waals surface area contributed by atoms with Crippen LogP contribution in [0.5, 0.6) is 0 Å². The molecule has 0 heterocycles. The molecule has 2 aromatic rings. The molecule has 0 fully saturated rings. The normalized spacial score (nSPS) is 12.2. The quantitative estimate of drug-likeness (QED) is 0.770. The van der Waals surface area contributed by atoms with Crippen LogP contribution in [0.2, 0.25) is 0 Å². The molecule has 0 radical (unpaired) electrons. The van der Waals surface area contributed by atoms with Crippen LogP contribution in [0.4, 0.5) is 5.69 Å². The van der Waals surface area contributed by atoms with Crippen LogP contribution >= 0.6 is 11.6 Å². The molecule has 1 N–H and O–H groups in total. The third kappa shape index (κ3) is 3.27. The number of hydrogen-bond acceptors (Lipinski definition) is 1. The van der Waals surface area contributed by atoms with Crippen molar-refractivity contribution in [2.45, 2.75) is 25.8 Å². The van der Waals surface area contributed by atoms with E-state index in [4.69, 9.17) is 11.6 Å². The lowest BCUT2D eigenvalue weighted by Gasteiger charge is -2.13. The molecule has 1 nitrogen and oxygen atoms in total. The van der Waals surface area contributed by atoms with Gasteiger partial charge in [-0.15, -0.1) is 11.6 Å². The van der Waals surface area contributed by atoms with Gasteiger partial charge in [0.05, 0.1) is 5.38 Å². The molecule has 2 rings (SSSR count). The van der Waals surface area contributed by atoms with E-state index in [0.717, 1.165) is 17.8 Å². The average Bonchev–Trinajstić information content (AvgIpc) is 2.37. The monoisotopic (exact) mass is 259 g/mol. The highest BCUT2D eigenvalue weighted by Gasteiger charge is 2.06. The van der Waals surface area contributed by atoms with Crippen molar-refractivity contribution in [3.8, 4) is 0 Å². The van der Waals surface area contributed by atoms with Crippen molar-refractivity contribution >= 4 is 17.3 Å². The number of rotatable bonds is 4. The van der Waals surface area contributed by atoms with Gasteiger partial charge in [-0.2, -0.15) is 0 Å². The Hall–Kier alpha value is -1.47. The second-order valence-corrected chi connectivity index (χ2v) is 5.20. The van der Waals surface area contributed by atoms with Gasteiger partial charge >= 0.3 is 0 Å². The van der Waals surface area contributed by atoms with Crippen molar-refractivity contribution in [2.75, 3.05) is 5.32 Å². The van der Waals surface area contributed by atoms with Crippen LogP contribution in [0.1, 0.15) is 29.0 Å². The molecule has 0 spiro atoms. The van der Waals surface area contributed by atoms with Gasteiger partial charge in [-0.25, -0.2) is 0 Å². The summed E-state index contributed by atoms with van der Waals surface area (Å²) in [6.07, 6.45) is 0. The lowest BCUT2D eigenvalue weighted by Crippen LogP contribution is -2.02. The fourth-order valence-corrected chi connectivity index (χ4v) is 2.21. The minimum Gasteiger partial charge on any atom is -0.381 e. The summed E-state index contributed by atoms with van der Waals surface area (Å²) in [5.74, 6) is 0. The minimum atomic E-state index is 0.0196. The first-order valence-corrected chi connectivity index (χ1v) is 6.63. The van der Waals surface area contributed by atoms with E-state index in [2.05, 4.69) is 48.6 Å². The lowest BCUT2D eigenvalue weighted by molar-refractivity contribution is 1.06. The second-order valence-electron chi connectivity index (χ2n) is 4.55. The summed E-state index contributed by atoms with van der Waals surface area (Å²) in [5, 5.41) is 3.47. The highest BCUT2D eigenvalue weighted by atomic mass is 35.5. The molecule has 0 aromatic heterocycles. The minimum absolute atomic E-state index is 0.0196. The Balaban J connectivity index is 2.11. The molecule has 0 aliphatic carbocycles. The molecule has 0 amide bonds. The van der Waals surface area contributed by atoms with E-state index >= 15 is 0 Å². The summed E-state index contributed by atoms with van der Waals surface area (Å²) in [7, 11) is 0. The maximum atomic E-state index is 6.18. The molecule has 0 saturated heterocycles. The molecule has 0 aliphatic heterocycles. The molecule has 1 atom stereocenters. The largest absolute Gasteiger partial charge is 0.381 e. The molecule has 2 heteroatoms. The standard InChI is InChI=1S/C16H18ClN/c1-12-6-5-7-14(10-12)11-18-16-9-4-3-8-15(16)13(2)17/h3-10,13,18H,11H2,1-2H3. The van der Waals surface area contributed by atoms with Crippen molar-refractivity contribution in [1.82, 2.24) is 0 Å². The van der Waals surface area contributed by atoms with E-state index in [0.29, 0.717) is 0 Å². The Labute approximate surface area is 114 Å². The molecular weight excluding hydrogens is 242 g/mol. The number of anilines is 1. The van der Waals surface area contributed by atoms with E-state index in [9.17, 15) is 0 Å². The summed E-state index contributed by atoms with van der Waals surface area (Å²) < 4.78 is 0. The van der Waals surface area contributed by atoms with Crippen LogP contribution in [0.15, 0.2) is 48.5 Å². The van der Waals surface area contributed by atoms with Crippen molar-refractivity contribution in [3.63, 3.8) is 0 Å². The van der Waals surface area contributed by atoms with Crippen molar-refractivity contribution in [2.24, 2.45) is 0 Å². The maximum Gasteiger partial charge on any atom is 0.0577 e. The Morgan fingerprint density at radius 2 is 1.89 bits per heavy atom. The summed E-state index contributed by atoms with van der Waals surface area (Å²) in [5.41, 5.74) is 4.83. The number of alkyl halides is 1. The van der Waals surface area contributed by atoms with E-state index in [-0.39, 0.29) is 5.38 Å². The van der Waals surface area contributed by atoms with E-state index in [1.807, 2.05) is 19.1 Å². The van der Waals surface area contributed by atoms with E-state index in [1.54, 1.807) is 0 Å². The fraction of sp³-hybridized carbons (Fsp3) is 0.250. The van der Waals surface area contributed by atoms with Crippen LogP contribution in [0.3, 0.4) is 0 Å². The summed E-state index contributed by atoms with van der Waals surface area (Å²) in [6.45, 7) is 4.93. The summed E-state index contributed by atoms with van der Waals surface area (Å²) in [6, 6.07) is 16.7. The zero-order valence-electron chi connectivity index (χ0n) is 10.8. The van der Waals surface area contributed by atoms with Crippen LogP contribution in [0.25, 0.3) is 0 Å². The predicted octanol–water partition coefficient (Wildman–Crippen LogP) is 4.91. The van der Waals surface area contributed by atoms with Gasteiger partial charge in [0.2, 0.25) is 0 Å². The molecule has 18 heavy (non-hydrogen) atoms. The van der Waals surface area contributed by atoms with Crippen LogP contribution in [-0.4, -0.2) is 0 Å². The zero-order chi connectivity index (χ0) is 13.0. The van der Waals surface area contributed by atoms with Crippen molar-refractivity contribution in [1.29, 1.82) is 0 Å². The Morgan fingerprint density at radius 1 is 1.11 bits per heavy atom. The zero-order valence-corrected chi connectivity index (χ0v) is 11.5. The van der Waals surface area contributed by atoms with E-state index < -0.39 is 0 Å². The van der Waals surface area contributed by atoms with Crippen molar-refractivity contribution < 1.29 is 0 Å². The second kappa shape index (κ2) is 5.92. The topological polar surface area (TPSA) is 12.0 Å². The van der Waals surface area contributed by atoms with E-state index in [1.165, 1.54) is 11.1 Å². The predicted molar refractivity (Wildman–Crippen MR) is 79.2 cm³/mol. The van der Waals surface area contributed by atoms with Gasteiger partial charge in [-0.05, 0) is 31.0 Å². The number of aryl methyl sites for hydroxylation is 1. The number of halogens is 1. The third-order valence-corrected chi connectivity index (χ3v) is 3.19. The summed E-state index contributed by atoms with van der Waals surface area (Å²) in [4.78, 5) is 0. The fourth-order valence-electron chi connectivity index (χ4n) is 2.02. The van der Waals surface area contributed by atoms with Gasteiger partial charge in [0.15, 0.2) is 0 Å². The van der Waals surface area contributed by atoms with Crippen LogP contribution in [0, 0.1) is 6.92 Å². The molecule has 0 saturated carbocycles. The third-order valence-electron chi connectivity index (χ3n) is 2.95. The Kier molecular flexibility index (Phi) is 4.27. The van der Waals surface area contributed by atoms with Crippen LogP contribution < -0.4 is 5.32 Å². The average molecular weight is 260 g/mol. The Bertz CT molecular complexity index is 520. The Morgan fingerprint density at radius 3 is 2.61 bits per heavy atom. The maximum absolute atomic E-state index is 6.18. The molecule has 0 bridgehead atoms. The van der Waals surface area contributed by atoms with Gasteiger partial charge in [0, 0.05) is 12.2 Å². The molecule has 94 valence electrons. The smallest absolute Gasteiger partial charge is 0.0577 e. The van der Waals surface area contributed by atoms with Gasteiger partial charge in [0.25, 0.3) is 0 Å². The molecule has 1 unspecified atom stereocenters. The number of hydrogen-bond donors (Lipinski definition) is 1. The molecule has 0 aliphatic rings. The van der Waals surface area contributed by atoms with Gasteiger partial charge in [0.1, 0.15) is 0 Å².